The van der Waals surface area contributed by atoms with Gasteiger partial charge >= 0.3 is 0 Å². The van der Waals surface area contributed by atoms with E-state index in [2.05, 4.69) is 6.92 Å². The summed E-state index contributed by atoms with van der Waals surface area (Å²) in [5.41, 5.74) is 0. The highest BCUT2D eigenvalue weighted by molar-refractivity contribution is 4.97. The van der Waals surface area contributed by atoms with Crippen LogP contribution in [0, 0.1) is 17.8 Å². The van der Waals surface area contributed by atoms with Crippen molar-refractivity contribution >= 4 is 0 Å². The molecule has 0 amide bonds. The summed E-state index contributed by atoms with van der Waals surface area (Å²) >= 11 is 0. The summed E-state index contributed by atoms with van der Waals surface area (Å²) in [6.45, 7) is 2.29. The predicted octanol–water partition coefficient (Wildman–Crippen LogP) is 4.41. The Labute approximate surface area is 101 Å². The van der Waals surface area contributed by atoms with E-state index in [0.29, 0.717) is 6.10 Å². The van der Waals surface area contributed by atoms with Gasteiger partial charge in [0.1, 0.15) is 0 Å². The largest absolute Gasteiger partial charge is 0.381 e. The van der Waals surface area contributed by atoms with Crippen LogP contribution in [0.25, 0.3) is 0 Å². The number of hydrogen-bond acceptors (Lipinski definition) is 1. The summed E-state index contributed by atoms with van der Waals surface area (Å²) in [5.74, 6) is 3.23. The van der Waals surface area contributed by atoms with E-state index in [0.717, 1.165) is 17.8 Å². The Balaban J connectivity index is 1.46. The van der Waals surface area contributed by atoms with Gasteiger partial charge in [0.15, 0.2) is 0 Å². The van der Waals surface area contributed by atoms with Crippen LogP contribution >= 0.6 is 0 Å². The molecule has 0 heterocycles. The van der Waals surface area contributed by atoms with Gasteiger partial charge in [-0.15, -0.1) is 0 Å². The Kier molecular flexibility index (Phi) is 4.69. The van der Waals surface area contributed by atoms with Gasteiger partial charge in [0, 0.05) is 7.11 Å². The Hall–Kier alpha value is -0.0400. The van der Waals surface area contributed by atoms with Crippen LogP contribution in [0.3, 0.4) is 0 Å². The van der Waals surface area contributed by atoms with Crippen molar-refractivity contribution in [3.8, 4) is 0 Å². The van der Waals surface area contributed by atoms with Gasteiger partial charge in [-0.25, -0.2) is 0 Å². The Morgan fingerprint density at radius 2 is 1.75 bits per heavy atom. The zero-order valence-electron chi connectivity index (χ0n) is 11.1. The van der Waals surface area contributed by atoms with Crippen LogP contribution in [0.5, 0.6) is 0 Å². The van der Waals surface area contributed by atoms with Crippen molar-refractivity contribution in [1.29, 1.82) is 0 Å². The molecule has 16 heavy (non-hydrogen) atoms. The molecule has 0 spiro atoms. The first-order valence-electron chi connectivity index (χ1n) is 7.38. The fourth-order valence-corrected chi connectivity index (χ4v) is 3.34. The molecule has 2 rings (SSSR count). The summed E-state index contributed by atoms with van der Waals surface area (Å²) in [6, 6.07) is 0. The molecule has 0 aromatic heterocycles. The summed E-state index contributed by atoms with van der Waals surface area (Å²) in [7, 11) is 1.86. The highest BCUT2D eigenvalue weighted by Crippen LogP contribution is 2.54. The van der Waals surface area contributed by atoms with Gasteiger partial charge in [-0.2, -0.15) is 0 Å². The maximum Gasteiger partial charge on any atom is 0.0576 e. The van der Waals surface area contributed by atoms with Gasteiger partial charge in [0.2, 0.25) is 0 Å². The molecule has 2 saturated carbocycles. The van der Waals surface area contributed by atoms with E-state index in [1.54, 1.807) is 0 Å². The average Bonchev–Trinajstić information content (AvgIpc) is 2.96. The highest BCUT2D eigenvalue weighted by atomic mass is 16.5. The Bertz CT molecular complexity index is 196. The summed E-state index contributed by atoms with van der Waals surface area (Å²) in [5, 5.41) is 0. The van der Waals surface area contributed by atoms with Crippen molar-refractivity contribution < 1.29 is 4.74 Å². The molecule has 2 fully saturated rings. The van der Waals surface area contributed by atoms with Crippen molar-refractivity contribution in [3.05, 3.63) is 0 Å². The molecule has 0 bridgehead atoms. The van der Waals surface area contributed by atoms with E-state index in [-0.39, 0.29) is 0 Å². The van der Waals surface area contributed by atoms with E-state index in [9.17, 15) is 0 Å². The van der Waals surface area contributed by atoms with Gasteiger partial charge in [-0.3, -0.25) is 0 Å². The van der Waals surface area contributed by atoms with Gasteiger partial charge < -0.3 is 4.74 Å². The lowest BCUT2D eigenvalue weighted by atomic mass is 9.78. The number of unbranched alkanes of at least 4 members (excludes halogenated alkanes) is 4. The maximum atomic E-state index is 5.35. The second kappa shape index (κ2) is 6.05. The van der Waals surface area contributed by atoms with Gasteiger partial charge in [0.25, 0.3) is 0 Å². The first-order chi connectivity index (χ1) is 7.85. The third-order valence-electron chi connectivity index (χ3n) is 4.73. The monoisotopic (exact) mass is 224 g/mol. The van der Waals surface area contributed by atoms with E-state index in [1.807, 2.05) is 7.11 Å². The number of ether oxygens (including phenoxy) is 1. The summed E-state index contributed by atoms with van der Waals surface area (Å²) in [4.78, 5) is 0. The highest BCUT2D eigenvalue weighted by Gasteiger charge is 2.47. The van der Waals surface area contributed by atoms with Gasteiger partial charge in [0.05, 0.1) is 6.10 Å². The quantitative estimate of drug-likeness (QED) is 0.555. The first kappa shape index (κ1) is 12.4. The molecule has 0 N–H and O–H groups in total. The fraction of sp³-hybridized carbons (Fsp3) is 1.00. The summed E-state index contributed by atoms with van der Waals surface area (Å²) < 4.78 is 5.35. The normalized spacial score (nSPS) is 37.1. The number of hydrogen-bond donors (Lipinski definition) is 0. The standard InChI is InChI=1S/C15H28O/c1-3-4-5-6-7-8-12-11-15(12)13-9-14(10-13)16-2/h12-15H,3-11H2,1-2H3/t12-,13?,14?,15?/m1/s1. The predicted molar refractivity (Wildman–Crippen MR) is 68.5 cm³/mol. The number of rotatable bonds is 8. The second-order valence-electron chi connectivity index (χ2n) is 5.95. The van der Waals surface area contributed by atoms with Crippen molar-refractivity contribution in [2.75, 3.05) is 7.11 Å². The Morgan fingerprint density at radius 1 is 1.00 bits per heavy atom. The van der Waals surface area contributed by atoms with Crippen molar-refractivity contribution in [1.82, 2.24) is 0 Å². The molecule has 2 aliphatic carbocycles. The van der Waals surface area contributed by atoms with Crippen molar-refractivity contribution in [2.24, 2.45) is 17.8 Å². The summed E-state index contributed by atoms with van der Waals surface area (Å²) in [6.07, 6.45) is 13.6. The fourth-order valence-electron chi connectivity index (χ4n) is 3.34. The maximum absolute atomic E-state index is 5.35. The lowest BCUT2D eigenvalue weighted by Crippen LogP contribution is -2.31. The number of methoxy groups -OCH3 is 1. The SMILES string of the molecule is CCCCCCC[C@@H]1CC1C1CC(OC)C1. The van der Waals surface area contributed by atoms with E-state index in [1.165, 1.54) is 57.8 Å². The van der Waals surface area contributed by atoms with Crippen LogP contribution in [0.15, 0.2) is 0 Å². The van der Waals surface area contributed by atoms with Crippen LogP contribution in [0.4, 0.5) is 0 Å². The van der Waals surface area contributed by atoms with Crippen LogP contribution in [0.2, 0.25) is 0 Å². The van der Waals surface area contributed by atoms with Crippen molar-refractivity contribution in [2.45, 2.75) is 70.8 Å². The molecule has 2 atom stereocenters. The average molecular weight is 224 g/mol. The van der Waals surface area contributed by atoms with E-state index >= 15 is 0 Å². The molecule has 0 aliphatic heterocycles. The molecule has 2 aliphatic rings. The zero-order valence-corrected chi connectivity index (χ0v) is 11.1. The minimum absolute atomic E-state index is 0.607. The van der Waals surface area contributed by atoms with E-state index < -0.39 is 0 Å². The topological polar surface area (TPSA) is 9.23 Å². The molecule has 0 radical (unpaired) electrons. The third-order valence-corrected chi connectivity index (χ3v) is 4.73. The van der Waals surface area contributed by atoms with Gasteiger partial charge in [-0.1, -0.05) is 45.4 Å². The Morgan fingerprint density at radius 3 is 2.44 bits per heavy atom. The molecule has 0 saturated heterocycles. The van der Waals surface area contributed by atoms with Crippen LogP contribution in [-0.4, -0.2) is 13.2 Å². The molecule has 1 nitrogen and oxygen atoms in total. The minimum Gasteiger partial charge on any atom is -0.381 e. The van der Waals surface area contributed by atoms with Crippen LogP contribution in [0.1, 0.15) is 64.7 Å². The van der Waals surface area contributed by atoms with Crippen LogP contribution < -0.4 is 0 Å². The zero-order chi connectivity index (χ0) is 11.4. The van der Waals surface area contributed by atoms with Crippen molar-refractivity contribution in [3.63, 3.8) is 0 Å². The first-order valence-corrected chi connectivity index (χ1v) is 7.38. The molecule has 94 valence electrons. The smallest absolute Gasteiger partial charge is 0.0576 e. The second-order valence-corrected chi connectivity index (χ2v) is 5.95. The molecule has 1 heteroatoms. The molecule has 0 aromatic rings. The van der Waals surface area contributed by atoms with Crippen LogP contribution in [-0.2, 0) is 4.74 Å². The molecular weight excluding hydrogens is 196 g/mol. The van der Waals surface area contributed by atoms with Gasteiger partial charge in [-0.05, 0) is 37.0 Å². The molecule has 1 unspecified atom stereocenters. The molecule has 0 aromatic carbocycles. The lowest BCUT2D eigenvalue weighted by Gasteiger charge is -2.34. The lowest BCUT2D eigenvalue weighted by molar-refractivity contribution is -0.00834. The minimum atomic E-state index is 0.607. The third kappa shape index (κ3) is 3.23. The van der Waals surface area contributed by atoms with E-state index in [4.69, 9.17) is 4.74 Å². The molecular formula is C15H28O.